The van der Waals surface area contributed by atoms with Crippen LogP contribution in [-0.4, -0.2) is 17.0 Å². The van der Waals surface area contributed by atoms with Gasteiger partial charge < -0.3 is 10.1 Å². The Bertz CT molecular complexity index is 685. The molecule has 23 heavy (non-hydrogen) atoms. The molecule has 124 valence electrons. The minimum Gasteiger partial charge on any atom is -0.480 e. The van der Waals surface area contributed by atoms with Gasteiger partial charge in [0, 0.05) is 5.38 Å². The first kappa shape index (κ1) is 17.3. The molecular weight excluding hydrogens is 329 g/mol. The summed E-state index contributed by atoms with van der Waals surface area (Å²) in [6.07, 6.45) is -5.59. The number of aryl methyl sites for hydroxylation is 1. The summed E-state index contributed by atoms with van der Waals surface area (Å²) in [5.41, 5.74) is -0.210. The van der Waals surface area contributed by atoms with Gasteiger partial charge in [-0.1, -0.05) is 12.1 Å². The highest BCUT2D eigenvalue weighted by Gasteiger charge is 2.34. The topological polar surface area (TPSA) is 51.2 Å². The zero-order chi connectivity index (χ0) is 17.0. The van der Waals surface area contributed by atoms with E-state index in [1.807, 2.05) is 6.92 Å². The van der Waals surface area contributed by atoms with Gasteiger partial charge in [0.05, 0.1) is 22.8 Å². The summed E-state index contributed by atoms with van der Waals surface area (Å²) in [7, 11) is 0. The number of ether oxygens (including phenoxy) is 1. The van der Waals surface area contributed by atoms with Crippen molar-refractivity contribution in [2.75, 3.05) is 0 Å². The average molecular weight is 344 g/mol. The third-order valence-corrected chi connectivity index (χ3v) is 3.80. The van der Waals surface area contributed by atoms with E-state index >= 15 is 0 Å². The third kappa shape index (κ3) is 4.69. The Hall–Kier alpha value is -2.09. The molecule has 0 aliphatic heterocycles. The zero-order valence-corrected chi connectivity index (χ0v) is 13.3. The van der Waals surface area contributed by atoms with Crippen molar-refractivity contribution in [3.05, 3.63) is 45.9 Å². The van der Waals surface area contributed by atoms with Crippen LogP contribution in [0.5, 0.6) is 5.75 Å². The Labute approximate surface area is 135 Å². The first-order chi connectivity index (χ1) is 10.8. The van der Waals surface area contributed by atoms with Crippen LogP contribution >= 0.6 is 11.3 Å². The number of hydrogen-bond acceptors (Lipinski definition) is 4. The molecule has 1 aromatic heterocycles. The highest BCUT2D eigenvalue weighted by molar-refractivity contribution is 7.09. The fourth-order valence-corrected chi connectivity index (χ4v) is 2.47. The number of carbonyl (C=O) groups excluding carboxylic acids is 1. The lowest BCUT2D eigenvalue weighted by molar-refractivity contribution is -0.140. The van der Waals surface area contributed by atoms with Crippen LogP contribution in [-0.2, 0) is 17.5 Å². The van der Waals surface area contributed by atoms with Crippen LogP contribution in [0.25, 0.3) is 0 Å². The van der Waals surface area contributed by atoms with Gasteiger partial charge >= 0.3 is 6.18 Å². The Morgan fingerprint density at radius 3 is 2.70 bits per heavy atom. The second kappa shape index (κ2) is 6.99. The smallest absolute Gasteiger partial charge is 0.419 e. The number of alkyl halides is 3. The van der Waals surface area contributed by atoms with E-state index in [2.05, 4.69) is 10.3 Å². The third-order valence-electron chi connectivity index (χ3n) is 2.98. The van der Waals surface area contributed by atoms with Gasteiger partial charge in [-0.3, -0.25) is 4.79 Å². The van der Waals surface area contributed by atoms with Gasteiger partial charge in [0.1, 0.15) is 5.75 Å². The van der Waals surface area contributed by atoms with Gasteiger partial charge in [0.15, 0.2) is 6.10 Å². The fourth-order valence-electron chi connectivity index (χ4n) is 1.86. The van der Waals surface area contributed by atoms with E-state index in [9.17, 15) is 18.0 Å². The van der Waals surface area contributed by atoms with Crippen LogP contribution in [0.15, 0.2) is 29.6 Å². The van der Waals surface area contributed by atoms with Crippen LogP contribution in [0.4, 0.5) is 13.2 Å². The number of thiazole rings is 1. The molecule has 0 radical (unpaired) electrons. The normalized spacial score (nSPS) is 12.7. The molecule has 0 spiro atoms. The van der Waals surface area contributed by atoms with Gasteiger partial charge in [0.2, 0.25) is 0 Å². The van der Waals surface area contributed by atoms with E-state index in [-0.39, 0.29) is 12.3 Å². The van der Waals surface area contributed by atoms with Gasteiger partial charge in [-0.15, -0.1) is 11.3 Å². The number of aromatic nitrogens is 1. The maximum absolute atomic E-state index is 12.9. The van der Waals surface area contributed by atoms with Crippen molar-refractivity contribution in [1.29, 1.82) is 0 Å². The summed E-state index contributed by atoms with van der Waals surface area (Å²) >= 11 is 1.45. The molecular formula is C15H15F3N2O2S. The van der Waals surface area contributed by atoms with Gasteiger partial charge in [-0.05, 0) is 26.0 Å². The monoisotopic (exact) mass is 344 g/mol. The molecule has 0 aliphatic carbocycles. The number of hydrogen-bond donors (Lipinski definition) is 1. The van der Waals surface area contributed by atoms with Gasteiger partial charge in [-0.25, -0.2) is 4.98 Å². The number of amides is 1. The Morgan fingerprint density at radius 1 is 1.39 bits per heavy atom. The molecule has 2 rings (SSSR count). The van der Waals surface area contributed by atoms with Gasteiger partial charge in [-0.2, -0.15) is 13.2 Å². The molecule has 0 saturated heterocycles. The number of benzene rings is 1. The number of halogens is 3. The Kier molecular flexibility index (Phi) is 5.25. The highest BCUT2D eigenvalue weighted by Crippen LogP contribution is 2.36. The quantitative estimate of drug-likeness (QED) is 0.902. The molecule has 8 heteroatoms. The van der Waals surface area contributed by atoms with Crippen molar-refractivity contribution in [2.45, 2.75) is 32.7 Å². The van der Waals surface area contributed by atoms with Crippen LogP contribution < -0.4 is 10.1 Å². The Balaban J connectivity index is 1.98. The summed E-state index contributed by atoms with van der Waals surface area (Å²) in [5, 5.41) is 5.27. The maximum Gasteiger partial charge on any atom is 0.419 e. The van der Waals surface area contributed by atoms with E-state index in [1.54, 1.807) is 5.38 Å². The second-order valence-corrected chi connectivity index (χ2v) is 5.89. The minimum atomic E-state index is -4.54. The van der Waals surface area contributed by atoms with Crippen molar-refractivity contribution in [3.63, 3.8) is 0 Å². The Morgan fingerprint density at radius 2 is 2.09 bits per heavy atom. The fraction of sp³-hybridized carbons (Fsp3) is 0.333. The summed E-state index contributed by atoms with van der Waals surface area (Å²) in [4.78, 5) is 16.1. The number of rotatable bonds is 5. The van der Waals surface area contributed by atoms with Crippen LogP contribution in [0.1, 0.15) is 23.2 Å². The number of nitrogens with one attached hydrogen (secondary N) is 1. The van der Waals surface area contributed by atoms with E-state index < -0.39 is 23.8 Å². The summed E-state index contributed by atoms with van der Waals surface area (Å²) in [6, 6.07) is 4.80. The predicted molar refractivity (Wildman–Crippen MR) is 80.2 cm³/mol. The number of nitrogens with zero attached hydrogens (tertiary/aromatic N) is 1. The lowest BCUT2D eigenvalue weighted by atomic mass is 10.2. The predicted octanol–water partition coefficient (Wildman–Crippen LogP) is 3.55. The highest BCUT2D eigenvalue weighted by atomic mass is 32.1. The molecule has 1 amide bonds. The van der Waals surface area contributed by atoms with Crippen molar-refractivity contribution in [3.8, 4) is 5.75 Å². The number of para-hydroxylation sites is 1. The molecule has 2 aromatic rings. The lowest BCUT2D eigenvalue weighted by Crippen LogP contribution is -2.36. The van der Waals surface area contributed by atoms with Crippen LogP contribution in [0, 0.1) is 6.92 Å². The molecule has 0 aliphatic rings. The van der Waals surface area contributed by atoms with Gasteiger partial charge in [0.25, 0.3) is 5.91 Å². The SMILES string of the molecule is Cc1nc(CNC(=O)[C@@H](C)Oc2ccccc2C(F)(F)F)cs1. The van der Waals surface area contributed by atoms with E-state index in [0.717, 1.165) is 11.1 Å². The lowest BCUT2D eigenvalue weighted by Gasteiger charge is -2.18. The molecule has 1 heterocycles. The maximum atomic E-state index is 12.9. The van der Waals surface area contributed by atoms with Crippen LogP contribution in [0.3, 0.4) is 0 Å². The summed E-state index contributed by atoms with van der Waals surface area (Å²) in [6.45, 7) is 3.45. The molecule has 1 atom stereocenters. The standard InChI is InChI=1S/C15H15F3N2O2S/c1-9(14(21)19-7-11-8-23-10(2)20-11)22-13-6-4-3-5-12(13)15(16,17)18/h3-6,8-9H,7H2,1-2H3,(H,19,21)/t9-/m1/s1. The van der Waals surface area contributed by atoms with Crippen LogP contribution in [0.2, 0.25) is 0 Å². The van der Waals surface area contributed by atoms with E-state index in [0.29, 0.717) is 5.69 Å². The molecule has 1 N–H and O–H groups in total. The second-order valence-electron chi connectivity index (χ2n) is 4.83. The van der Waals surface area contributed by atoms with Crippen molar-refractivity contribution < 1.29 is 22.7 Å². The molecule has 0 bridgehead atoms. The van der Waals surface area contributed by atoms with Crippen molar-refractivity contribution >= 4 is 17.2 Å². The van der Waals surface area contributed by atoms with E-state index in [1.165, 1.54) is 36.5 Å². The zero-order valence-electron chi connectivity index (χ0n) is 12.5. The molecule has 0 saturated carbocycles. The van der Waals surface area contributed by atoms with E-state index in [4.69, 9.17) is 4.74 Å². The molecule has 1 aromatic carbocycles. The average Bonchev–Trinajstić information content (AvgIpc) is 2.89. The van der Waals surface area contributed by atoms with Crippen molar-refractivity contribution in [1.82, 2.24) is 10.3 Å². The molecule has 0 fully saturated rings. The minimum absolute atomic E-state index is 0.206. The largest absolute Gasteiger partial charge is 0.480 e. The summed E-state index contributed by atoms with van der Waals surface area (Å²) < 4.78 is 43.8. The number of carbonyl (C=O) groups is 1. The first-order valence-corrected chi connectivity index (χ1v) is 7.67. The molecule has 4 nitrogen and oxygen atoms in total. The molecule has 0 unspecified atom stereocenters. The summed E-state index contributed by atoms with van der Waals surface area (Å²) in [5.74, 6) is -0.875. The first-order valence-electron chi connectivity index (χ1n) is 6.79. The van der Waals surface area contributed by atoms with Crippen molar-refractivity contribution in [2.24, 2.45) is 0 Å².